The van der Waals surface area contributed by atoms with Crippen LogP contribution in [0.5, 0.6) is 0 Å². The van der Waals surface area contributed by atoms with Crippen molar-refractivity contribution in [2.24, 2.45) is 10.9 Å². The van der Waals surface area contributed by atoms with Crippen molar-refractivity contribution in [3.05, 3.63) is 47.5 Å². The van der Waals surface area contributed by atoms with Crippen molar-refractivity contribution >= 4 is 5.96 Å². The highest BCUT2D eigenvalue weighted by Gasteiger charge is 2.24. The van der Waals surface area contributed by atoms with Gasteiger partial charge in [-0.05, 0) is 37.2 Å². The number of hydrogen-bond donors (Lipinski definition) is 1. The number of nitrogens with zero attached hydrogens (tertiary/aromatic N) is 2. The maximum atomic E-state index is 5.36. The van der Waals surface area contributed by atoms with Gasteiger partial charge in [0.2, 0.25) is 0 Å². The van der Waals surface area contributed by atoms with Crippen LogP contribution in [0, 0.1) is 5.92 Å². The monoisotopic (exact) mass is 327 g/mol. The minimum Gasteiger partial charge on any atom is -0.377 e. The Morgan fingerprint density at radius 2 is 2.21 bits per heavy atom. The van der Waals surface area contributed by atoms with Crippen molar-refractivity contribution in [3.63, 3.8) is 0 Å². The lowest BCUT2D eigenvalue weighted by Crippen LogP contribution is -2.40. The van der Waals surface area contributed by atoms with E-state index in [-0.39, 0.29) is 0 Å². The number of rotatable bonds is 5. The van der Waals surface area contributed by atoms with E-state index in [1.54, 1.807) is 0 Å². The summed E-state index contributed by atoms with van der Waals surface area (Å²) in [5, 5.41) is 3.54. The highest BCUT2D eigenvalue weighted by atomic mass is 16.5. The van der Waals surface area contributed by atoms with Gasteiger partial charge in [-0.25, -0.2) is 0 Å². The van der Waals surface area contributed by atoms with Crippen LogP contribution in [0.25, 0.3) is 0 Å². The Labute approximate surface area is 145 Å². The van der Waals surface area contributed by atoms with E-state index in [0.29, 0.717) is 0 Å². The molecule has 24 heavy (non-hydrogen) atoms. The van der Waals surface area contributed by atoms with Crippen molar-refractivity contribution < 1.29 is 4.74 Å². The molecule has 1 saturated heterocycles. The Morgan fingerprint density at radius 1 is 1.33 bits per heavy atom. The fraction of sp³-hybridized carbons (Fsp3) is 0.550. The summed E-state index contributed by atoms with van der Waals surface area (Å²) in [6.07, 6.45) is 6.80. The molecule has 0 aliphatic carbocycles. The molecule has 1 N–H and O–H groups in total. The van der Waals surface area contributed by atoms with Gasteiger partial charge in [0.1, 0.15) is 0 Å². The summed E-state index contributed by atoms with van der Waals surface area (Å²) in [4.78, 5) is 6.89. The van der Waals surface area contributed by atoms with Gasteiger partial charge in [-0.3, -0.25) is 4.99 Å². The van der Waals surface area contributed by atoms with Crippen molar-refractivity contribution in [2.45, 2.75) is 25.7 Å². The minimum atomic E-state index is 0.726. The normalized spacial score (nSPS) is 21.7. The third-order valence-corrected chi connectivity index (χ3v) is 4.95. The zero-order chi connectivity index (χ0) is 16.6. The molecule has 0 radical (unpaired) electrons. The lowest BCUT2D eigenvalue weighted by molar-refractivity contribution is 0.153. The van der Waals surface area contributed by atoms with Crippen molar-refractivity contribution in [2.75, 3.05) is 39.9 Å². The van der Waals surface area contributed by atoms with Crippen LogP contribution in [0.4, 0.5) is 0 Å². The van der Waals surface area contributed by atoms with Gasteiger partial charge >= 0.3 is 0 Å². The van der Waals surface area contributed by atoms with Gasteiger partial charge in [-0.15, -0.1) is 0 Å². The fourth-order valence-electron chi connectivity index (χ4n) is 3.60. The number of hydrogen-bond acceptors (Lipinski definition) is 2. The second kappa shape index (κ2) is 8.88. The van der Waals surface area contributed by atoms with E-state index in [0.717, 1.165) is 57.6 Å². The molecule has 0 bridgehead atoms. The molecule has 1 fully saturated rings. The summed E-state index contributed by atoms with van der Waals surface area (Å²) >= 11 is 0. The van der Waals surface area contributed by atoms with Gasteiger partial charge < -0.3 is 15.0 Å². The molecule has 1 aromatic rings. The van der Waals surface area contributed by atoms with E-state index >= 15 is 0 Å². The third kappa shape index (κ3) is 4.84. The Morgan fingerprint density at radius 3 is 2.96 bits per heavy atom. The average molecular weight is 327 g/mol. The largest absolute Gasteiger partial charge is 0.377 e. The maximum Gasteiger partial charge on any atom is 0.193 e. The molecule has 0 amide bonds. The number of benzene rings is 1. The summed E-state index contributed by atoms with van der Waals surface area (Å²) < 4.78 is 5.36. The molecule has 0 saturated carbocycles. The first-order valence-corrected chi connectivity index (χ1v) is 9.10. The topological polar surface area (TPSA) is 36.9 Å². The zero-order valence-corrected chi connectivity index (χ0v) is 14.7. The average Bonchev–Trinajstić information content (AvgIpc) is 3.09. The molecule has 0 spiro atoms. The molecule has 2 aliphatic rings. The second-order valence-corrected chi connectivity index (χ2v) is 6.70. The SMILES string of the molecule is CN=C(NCCC1=CCOCC1)N1CCC(Cc2ccccc2)C1. The Bertz CT molecular complexity index is 568. The van der Waals surface area contributed by atoms with E-state index < -0.39 is 0 Å². The van der Waals surface area contributed by atoms with E-state index in [9.17, 15) is 0 Å². The van der Waals surface area contributed by atoms with Gasteiger partial charge in [0, 0.05) is 26.7 Å². The molecule has 3 rings (SSSR count). The van der Waals surface area contributed by atoms with Crippen molar-refractivity contribution in [1.29, 1.82) is 0 Å². The number of likely N-dealkylation sites (tertiary alicyclic amines) is 1. The molecule has 4 heteroatoms. The number of ether oxygens (including phenoxy) is 1. The molecular formula is C20H29N3O. The van der Waals surface area contributed by atoms with E-state index in [4.69, 9.17) is 4.74 Å². The van der Waals surface area contributed by atoms with E-state index in [2.05, 4.69) is 51.6 Å². The molecule has 1 atom stereocenters. The van der Waals surface area contributed by atoms with Gasteiger partial charge in [-0.1, -0.05) is 42.0 Å². The molecule has 2 heterocycles. The summed E-state index contributed by atoms with van der Waals surface area (Å²) in [6, 6.07) is 10.8. The van der Waals surface area contributed by atoms with Crippen LogP contribution in [-0.4, -0.2) is 50.8 Å². The van der Waals surface area contributed by atoms with Gasteiger partial charge in [0.05, 0.1) is 13.2 Å². The molecule has 0 aromatic heterocycles. The van der Waals surface area contributed by atoms with Crippen molar-refractivity contribution in [1.82, 2.24) is 10.2 Å². The second-order valence-electron chi connectivity index (χ2n) is 6.70. The summed E-state index contributed by atoms with van der Waals surface area (Å²) in [5.74, 6) is 1.78. The third-order valence-electron chi connectivity index (χ3n) is 4.95. The first-order chi connectivity index (χ1) is 11.8. The van der Waals surface area contributed by atoms with Gasteiger partial charge in [-0.2, -0.15) is 0 Å². The Balaban J connectivity index is 1.43. The first-order valence-electron chi connectivity index (χ1n) is 9.10. The van der Waals surface area contributed by atoms with Crippen LogP contribution in [0.2, 0.25) is 0 Å². The number of aliphatic imine (C=N–C) groups is 1. The minimum absolute atomic E-state index is 0.726. The highest BCUT2D eigenvalue weighted by Crippen LogP contribution is 2.21. The Kier molecular flexibility index (Phi) is 6.30. The van der Waals surface area contributed by atoms with Crippen molar-refractivity contribution in [3.8, 4) is 0 Å². The smallest absolute Gasteiger partial charge is 0.193 e. The molecule has 1 aromatic carbocycles. The van der Waals surface area contributed by atoms with Crippen LogP contribution in [0.3, 0.4) is 0 Å². The standard InChI is InChI=1S/C20H29N3O/c1-21-20(22-11-7-17-9-13-24-14-10-17)23-12-8-19(16-23)15-18-5-3-2-4-6-18/h2-6,9,19H,7-8,10-16H2,1H3,(H,21,22). The summed E-state index contributed by atoms with van der Waals surface area (Å²) in [7, 11) is 1.89. The summed E-state index contributed by atoms with van der Waals surface area (Å²) in [5.41, 5.74) is 2.95. The number of guanidine groups is 1. The Hall–Kier alpha value is -1.81. The molecule has 4 nitrogen and oxygen atoms in total. The van der Waals surface area contributed by atoms with Gasteiger partial charge in [0.25, 0.3) is 0 Å². The summed E-state index contributed by atoms with van der Waals surface area (Å²) in [6.45, 7) is 4.81. The maximum absolute atomic E-state index is 5.36. The molecule has 2 aliphatic heterocycles. The van der Waals surface area contributed by atoms with Crippen LogP contribution in [0.15, 0.2) is 47.0 Å². The lowest BCUT2D eigenvalue weighted by Gasteiger charge is -2.22. The molecule has 130 valence electrons. The molecule has 1 unspecified atom stereocenters. The number of nitrogens with one attached hydrogen (secondary N) is 1. The lowest BCUT2D eigenvalue weighted by atomic mass is 9.99. The predicted molar refractivity (Wildman–Crippen MR) is 99.3 cm³/mol. The quantitative estimate of drug-likeness (QED) is 0.513. The first kappa shape index (κ1) is 17.0. The highest BCUT2D eigenvalue weighted by molar-refractivity contribution is 5.80. The van der Waals surface area contributed by atoms with Crippen LogP contribution < -0.4 is 5.32 Å². The van der Waals surface area contributed by atoms with Crippen LogP contribution in [0.1, 0.15) is 24.8 Å². The van der Waals surface area contributed by atoms with Gasteiger partial charge in [0.15, 0.2) is 5.96 Å². The van der Waals surface area contributed by atoms with Crippen LogP contribution in [-0.2, 0) is 11.2 Å². The zero-order valence-electron chi connectivity index (χ0n) is 14.7. The fourth-order valence-corrected chi connectivity index (χ4v) is 3.60. The van der Waals surface area contributed by atoms with Crippen LogP contribution >= 0.6 is 0 Å². The predicted octanol–water partition coefficient (Wildman–Crippen LogP) is 2.86. The van der Waals surface area contributed by atoms with E-state index in [1.807, 2.05) is 7.05 Å². The van der Waals surface area contributed by atoms with E-state index in [1.165, 1.54) is 24.0 Å². The molecular weight excluding hydrogens is 298 g/mol.